The van der Waals surface area contributed by atoms with Gasteiger partial charge in [-0.05, 0) is 24.1 Å². The molecule has 1 aromatic carbocycles. The van der Waals surface area contributed by atoms with Crippen LogP contribution in [0.1, 0.15) is 27.9 Å². The Labute approximate surface area is 125 Å². The Morgan fingerprint density at radius 2 is 2.05 bits per heavy atom. The van der Waals surface area contributed by atoms with E-state index in [1.807, 2.05) is 26.1 Å². The molecule has 1 aromatic heterocycles. The fraction of sp³-hybridized carbons (Fsp3) is 0.286. The summed E-state index contributed by atoms with van der Waals surface area (Å²) >= 11 is 4.88. The smallest absolute Gasteiger partial charge is 0.186 e. The van der Waals surface area contributed by atoms with Gasteiger partial charge in [0.15, 0.2) is 11.4 Å². The molecule has 0 amide bonds. The van der Waals surface area contributed by atoms with Gasteiger partial charge in [0.1, 0.15) is 0 Å². The molecule has 0 unspecified atom stereocenters. The lowest BCUT2D eigenvalue weighted by Gasteiger charge is -2.15. The highest BCUT2D eigenvalue weighted by Crippen LogP contribution is 2.26. The van der Waals surface area contributed by atoms with Crippen LogP contribution < -0.4 is 4.90 Å². The molecule has 100 valence electrons. The zero-order valence-electron chi connectivity index (χ0n) is 10.9. The number of carbonyl (C=O) groups excluding carboxylic acids is 1. The Morgan fingerprint density at radius 1 is 1.37 bits per heavy atom. The van der Waals surface area contributed by atoms with Crippen LogP contribution >= 0.6 is 27.3 Å². The fourth-order valence-electron chi connectivity index (χ4n) is 1.79. The Hall–Kier alpha value is -1.20. The molecular formula is C14H15BrN2OS. The summed E-state index contributed by atoms with van der Waals surface area (Å²) in [5.74, 6) is 0. The van der Waals surface area contributed by atoms with Crippen molar-refractivity contribution in [3.8, 4) is 0 Å². The molecule has 0 spiro atoms. The van der Waals surface area contributed by atoms with E-state index in [0.717, 1.165) is 39.4 Å². The van der Waals surface area contributed by atoms with Crippen LogP contribution in [-0.2, 0) is 13.0 Å². The van der Waals surface area contributed by atoms with Crippen LogP contribution in [0.3, 0.4) is 0 Å². The quantitative estimate of drug-likeness (QED) is 0.774. The number of benzene rings is 1. The Balaban J connectivity index is 2.15. The summed E-state index contributed by atoms with van der Waals surface area (Å²) in [5.41, 5.74) is 2.10. The normalized spacial score (nSPS) is 10.5. The minimum absolute atomic E-state index is 0.736. The van der Waals surface area contributed by atoms with Crippen molar-refractivity contribution >= 4 is 38.7 Å². The number of anilines is 1. The van der Waals surface area contributed by atoms with Gasteiger partial charge in [-0.2, -0.15) is 0 Å². The summed E-state index contributed by atoms with van der Waals surface area (Å²) in [7, 11) is 1.99. The van der Waals surface area contributed by atoms with E-state index in [1.165, 1.54) is 16.9 Å². The molecule has 5 heteroatoms. The second kappa shape index (κ2) is 6.30. The summed E-state index contributed by atoms with van der Waals surface area (Å²) in [5, 5.41) is 0.891. The standard InChI is InChI=1S/C14H15BrN2OS/c1-3-12-13(9-18)19-14(16-12)17(2)8-10-4-6-11(15)7-5-10/h4-7,9H,3,8H2,1-2H3. The van der Waals surface area contributed by atoms with Crippen LogP contribution in [0.5, 0.6) is 0 Å². The largest absolute Gasteiger partial charge is 0.347 e. The number of halogens is 1. The van der Waals surface area contributed by atoms with Gasteiger partial charge in [-0.25, -0.2) is 4.98 Å². The molecule has 19 heavy (non-hydrogen) atoms. The van der Waals surface area contributed by atoms with Gasteiger partial charge in [0, 0.05) is 18.1 Å². The molecule has 0 aliphatic heterocycles. The number of aromatic nitrogens is 1. The molecule has 2 rings (SSSR count). The highest BCUT2D eigenvalue weighted by atomic mass is 79.9. The predicted molar refractivity (Wildman–Crippen MR) is 83.1 cm³/mol. The third-order valence-electron chi connectivity index (χ3n) is 2.82. The summed E-state index contributed by atoms with van der Waals surface area (Å²) in [6.45, 7) is 2.79. The van der Waals surface area contributed by atoms with Crippen molar-refractivity contribution in [2.24, 2.45) is 0 Å². The predicted octanol–water partition coefficient (Wildman–Crippen LogP) is 3.92. The van der Waals surface area contributed by atoms with Gasteiger partial charge < -0.3 is 4.90 Å². The molecule has 0 N–H and O–H groups in total. The molecule has 0 atom stereocenters. The Morgan fingerprint density at radius 3 is 2.58 bits per heavy atom. The summed E-state index contributed by atoms with van der Waals surface area (Å²) in [4.78, 5) is 18.3. The van der Waals surface area contributed by atoms with Gasteiger partial charge >= 0.3 is 0 Å². The van der Waals surface area contributed by atoms with E-state index in [0.29, 0.717) is 0 Å². The lowest BCUT2D eigenvalue weighted by atomic mass is 10.2. The van der Waals surface area contributed by atoms with E-state index in [9.17, 15) is 4.79 Å². The van der Waals surface area contributed by atoms with Gasteiger partial charge in [0.05, 0.1) is 10.6 Å². The molecule has 0 aliphatic carbocycles. The molecule has 0 saturated carbocycles. The monoisotopic (exact) mass is 338 g/mol. The minimum Gasteiger partial charge on any atom is -0.347 e. The van der Waals surface area contributed by atoms with E-state index in [1.54, 1.807) is 0 Å². The third kappa shape index (κ3) is 3.42. The fourth-order valence-corrected chi connectivity index (χ4v) is 2.98. The van der Waals surface area contributed by atoms with Crippen LogP contribution in [-0.4, -0.2) is 18.3 Å². The van der Waals surface area contributed by atoms with Crippen molar-refractivity contribution in [1.29, 1.82) is 0 Å². The topological polar surface area (TPSA) is 33.2 Å². The molecule has 3 nitrogen and oxygen atoms in total. The van der Waals surface area contributed by atoms with Gasteiger partial charge in [0.2, 0.25) is 0 Å². The number of rotatable bonds is 5. The molecule has 0 bridgehead atoms. The number of carbonyl (C=O) groups is 1. The highest BCUT2D eigenvalue weighted by Gasteiger charge is 2.12. The number of aldehydes is 1. The van der Waals surface area contributed by atoms with Crippen LogP contribution in [0.2, 0.25) is 0 Å². The van der Waals surface area contributed by atoms with Crippen molar-refractivity contribution in [3.05, 3.63) is 44.9 Å². The first-order chi connectivity index (χ1) is 9.13. The number of aryl methyl sites for hydroxylation is 1. The van der Waals surface area contributed by atoms with Crippen molar-refractivity contribution in [2.75, 3.05) is 11.9 Å². The SMILES string of the molecule is CCc1nc(N(C)Cc2ccc(Br)cc2)sc1C=O. The van der Waals surface area contributed by atoms with Crippen molar-refractivity contribution in [1.82, 2.24) is 4.98 Å². The van der Waals surface area contributed by atoms with Gasteiger partial charge in [-0.15, -0.1) is 0 Å². The maximum atomic E-state index is 11.0. The summed E-state index contributed by atoms with van der Waals surface area (Å²) in [6.07, 6.45) is 1.68. The summed E-state index contributed by atoms with van der Waals surface area (Å²) in [6, 6.07) is 8.21. The molecular weight excluding hydrogens is 324 g/mol. The zero-order chi connectivity index (χ0) is 13.8. The Bertz CT molecular complexity index is 565. The molecule has 1 heterocycles. The van der Waals surface area contributed by atoms with Gasteiger partial charge in [-0.3, -0.25) is 4.79 Å². The highest BCUT2D eigenvalue weighted by molar-refractivity contribution is 9.10. The summed E-state index contributed by atoms with van der Waals surface area (Å²) < 4.78 is 1.07. The molecule has 0 radical (unpaired) electrons. The third-order valence-corrected chi connectivity index (χ3v) is 4.48. The first kappa shape index (κ1) is 14.2. The van der Waals surface area contributed by atoms with Crippen LogP contribution in [0.4, 0.5) is 5.13 Å². The second-order valence-electron chi connectivity index (χ2n) is 4.26. The maximum Gasteiger partial charge on any atom is 0.186 e. The first-order valence-electron chi connectivity index (χ1n) is 6.04. The molecule has 0 aliphatic rings. The van der Waals surface area contributed by atoms with E-state index >= 15 is 0 Å². The number of thiazole rings is 1. The first-order valence-corrected chi connectivity index (χ1v) is 7.65. The number of hydrogen-bond acceptors (Lipinski definition) is 4. The maximum absolute atomic E-state index is 11.0. The van der Waals surface area contributed by atoms with E-state index < -0.39 is 0 Å². The van der Waals surface area contributed by atoms with Crippen molar-refractivity contribution in [3.63, 3.8) is 0 Å². The van der Waals surface area contributed by atoms with E-state index in [-0.39, 0.29) is 0 Å². The van der Waals surface area contributed by atoms with Gasteiger partial charge in [-0.1, -0.05) is 46.3 Å². The van der Waals surface area contributed by atoms with E-state index in [4.69, 9.17) is 0 Å². The zero-order valence-corrected chi connectivity index (χ0v) is 13.3. The molecule has 0 saturated heterocycles. The number of nitrogens with zero attached hydrogens (tertiary/aromatic N) is 2. The lowest BCUT2D eigenvalue weighted by molar-refractivity contribution is 0.112. The van der Waals surface area contributed by atoms with Crippen molar-refractivity contribution < 1.29 is 4.79 Å². The van der Waals surface area contributed by atoms with Crippen LogP contribution in [0.25, 0.3) is 0 Å². The average Bonchev–Trinajstić information content (AvgIpc) is 2.84. The van der Waals surface area contributed by atoms with Crippen LogP contribution in [0.15, 0.2) is 28.7 Å². The van der Waals surface area contributed by atoms with Crippen molar-refractivity contribution in [2.45, 2.75) is 19.9 Å². The van der Waals surface area contributed by atoms with Gasteiger partial charge in [0.25, 0.3) is 0 Å². The minimum atomic E-state index is 0.736. The average molecular weight is 339 g/mol. The number of hydrogen-bond donors (Lipinski definition) is 0. The van der Waals surface area contributed by atoms with E-state index in [2.05, 4.69) is 37.9 Å². The van der Waals surface area contributed by atoms with Crippen LogP contribution in [0, 0.1) is 0 Å². The Kier molecular flexibility index (Phi) is 4.71. The second-order valence-corrected chi connectivity index (χ2v) is 6.19. The molecule has 0 fully saturated rings. The molecule has 2 aromatic rings. The lowest BCUT2D eigenvalue weighted by Crippen LogP contribution is -2.16.